The van der Waals surface area contributed by atoms with Crippen molar-refractivity contribution in [3.63, 3.8) is 0 Å². The average molecular weight is 645 g/mol. The van der Waals surface area contributed by atoms with Gasteiger partial charge < -0.3 is 20.3 Å². The van der Waals surface area contributed by atoms with Gasteiger partial charge in [-0.1, -0.05) is 65.8 Å². The van der Waals surface area contributed by atoms with Gasteiger partial charge in [-0.25, -0.2) is 4.68 Å². The number of allylic oxidation sites excluding steroid dienone is 1. The minimum Gasteiger partial charge on any atom is -0.484 e. The Morgan fingerprint density at radius 1 is 1.02 bits per heavy atom. The Balaban J connectivity index is 1.45. The first-order valence-corrected chi connectivity index (χ1v) is 16.2. The molecule has 3 aromatic carbocycles. The lowest BCUT2D eigenvalue weighted by Gasteiger charge is -2.29. The molecule has 0 saturated heterocycles. The van der Waals surface area contributed by atoms with E-state index in [0.717, 1.165) is 27.9 Å². The summed E-state index contributed by atoms with van der Waals surface area (Å²) in [6.45, 7) is 11.0. The first-order chi connectivity index (χ1) is 21.7. The summed E-state index contributed by atoms with van der Waals surface area (Å²) in [6, 6.07) is 20.4. The van der Waals surface area contributed by atoms with Gasteiger partial charge >= 0.3 is 0 Å². The number of rotatable bonds is 11. The van der Waals surface area contributed by atoms with Crippen LogP contribution in [0.25, 0.3) is 0 Å². The number of hydrogen-bond donors (Lipinski definition) is 2. The number of carbonyl (C=O) groups is 2. The Labute approximate surface area is 273 Å². The van der Waals surface area contributed by atoms with E-state index in [1.165, 1.54) is 11.8 Å². The molecule has 4 aromatic rings. The van der Waals surface area contributed by atoms with E-state index in [9.17, 15) is 9.59 Å². The number of aromatic nitrogens is 3. The zero-order valence-corrected chi connectivity index (χ0v) is 27.6. The van der Waals surface area contributed by atoms with E-state index < -0.39 is 6.04 Å². The van der Waals surface area contributed by atoms with Crippen LogP contribution < -0.4 is 15.4 Å². The van der Waals surface area contributed by atoms with Crippen LogP contribution in [0, 0.1) is 13.8 Å². The molecule has 2 heterocycles. The Morgan fingerprint density at radius 3 is 2.47 bits per heavy atom. The van der Waals surface area contributed by atoms with Crippen LogP contribution in [0.3, 0.4) is 0 Å². The molecule has 0 radical (unpaired) electrons. The van der Waals surface area contributed by atoms with Crippen LogP contribution in [-0.4, -0.2) is 51.2 Å². The van der Waals surface area contributed by atoms with E-state index in [2.05, 4.69) is 10.6 Å². The summed E-state index contributed by atoms with van der Waals surface area (Å²) in [5, 5.41) is 12.5. The summed E-state index contributed by atoms with van der Waals surface area (Å²) in [5.41, 5.74) is 5.84. The van der Waals surface area contributed by atoms with E-state index in [4.69, 9.17) is 26.4 Å². The van der Waals surface area contributed by atoms with Crippen LogP contribution >= 0.6 is 23.4 Å². The van der Waals surface area contributed by atoms with Gasteiger partial charge in [-0.15, -0.1) is 5.10 Å². The van der Waals surface area contributed by atoms with Crippen LogP contribution in [-0.2, 0) is 15.3 Å². The fourth-order valence-electron chi connectivity index (χ4n) is 5.19. The number of carbonyl (C=O) groups excluding carboxylic acids is 2. The average Bonchev–Trinajstić information content (AvgIpc) is 3.44. The fourth-order valence-corrected chi connectivity index (χ4v) is 6.30. The minimum atomic E-state index is -0.570. The maximum atomic E-state index is 14.0. The van der Waals surface area contributed by atoms with E-state index in [1.807, 2.05) is 101 Å². The van der Waals surface area contributed by atoms with Gasteiger partial charge in [0.05, 0.1) is 5.57 Å². The summed E-state index contributed by atoms with van der Waals surface area (Å²) < 4.78 is 7.56. The van der Waals surface area contributed by atoms with Crippen LogP contribution in [0.15, 0.2) is 83.2 Å². The Morgan fingerprint density at radius 2 is 1.76 bits per heavy atom. The summed E-state index contributed by atoms with van der Waals surface area (Å²) >= 11 is 7.85. The number of aryl methyl sites for hydroxylation is 1. The molecule has 1 unspecified atom stereocenters. The minimum absolute atomic E-state index is 0.0455. The topological polar surface area (TPSA) is 101 Å². The lowest BCUT2D eigenvalue weighted by Crippen LogP contribution is -2.34. The molecule has 0 aliphatic carbocycles. The van der Waals surface area contributed by atoms with Crippen molar-refractivity contribution in [1.82, 2.24) is 19.7 Å². The molecule has 0 fully saturated rings. The summed E-state index contributed by atoms with van der Waals surface area (Å²) in [6.07, 6.45) is 0. The molecule has 1 aromatic heterocycles. The lowest BCUT2D eigenvalue weighted by molar-refractivity contribution is -0.133. The summed E-state index contributed by atoms with van der Waals surface area (Å²) in [7, 11) is 0. The number of nitrogens with one attached hydrogen (secondary N) is 2. The largest absolute Gasteiger partial charge is 0.484 e. The number of likely N-dealkylation sites (N-methyl/N-ethyl adjacent to an activating group) is 1. The number of nitrogens with zero attached hydrogens (tertiary/aromatic N) is 4. The zero-order valence-electron chi connectivity index (χ0n) is 26.1. The summed E-state index contributed by atoms with van der Waals surface area (Å²) in [4.78, 5) is 32.9. The summed E-state index contributed by atoms with van der Waals surface area (Å²) in [5.74, 6) is 1.38. The second-order valence-corrected chi connectivity index (χ2v) is 12.1. The zero-order chi connectivity index (χ0) is 32.1. The first-order valence-electron chi connectivity index (χ1n) is 14.9. The first kappa shape index (κ1) is 32.1. The molecule has 1 atom stereocenters. The smallest absolute Gasteiger partial charge is 0.260 e. The van der Waals surface area contributed by atoms with E-state index in [0.29, 0.717) is 52.0 Å². The highest BCUT2D eigenvalue weighted by molar-refractivity contribution is 7.98. The van der Waals surface area contributed by atoms with Crippen molar-refractivity contribution >= 4 is 46.8 Å². The molecule has 2 N–H and O–H groups in total. The number of thioether (sulfide) groups is 1. The number of fused-ring (bicyclic) bond motifs is 1. The van der Waals surface area contributed by atoms with Crippen molar-refractivity contribution in [3.8, 4) is 5.75 Å². The monoisotopic (exact) mass is 644 g/mol. The highest BCUT2D eigenvalue weighted by atomic mass is 35.5. The number of benzene rings is 3. The molecule has 11 heteroatoms. The number of ether oxygens (including phenoxy) is 1. The second-order valence-electron chi connectivity index (χ2n) is 10.7. The van der Waals surface area contributed by atoms with E-state index in [1.54, 1.807) is 9.58 Å². The van der Waals surface area contributed by atoms with Gasteiger partial charge in [0.1, 0.15) is 11.8 Å². The van der Waals surface area contributed by atoms with Crippen LogP contribution in [0.4, 0.5) is 11.6 Å². The van der Waals surface area contributed by atoms with Crippen LogP contribution in [0.2, 0.25) is 5.02 Å². The van der Waals surface area contributed by atoms with Gasteiger partial charge in [-0.05, 0) is 81.1 Å². The van der Waals surface area contributed by atoms with Gasteiger partial charge in [0, 0.05) is 35.2 Å². The molecule has 5 rings (SSSR count). The van der Waals surface area contributed by atoms with Crippen molar-refractivity contribution in [3.05, 3.63) is 105 Å². The van der Waals surface area contributed by atoms with Crippen molar-refractivity contribution in [1.29, 1.82) is 0 Å². The third-order valence-electron chi connectivity index (χ3n) is 7.92. The Bertz CT molecular complexity index is 1730. The molecular weight excluding hydrogens is 608 g/mol. The van der Waals surface area contributed by atoms with Gasteiger partial charge in [0.25, 0.3) is 11.8 Å². The second kappa shape index (κ2) is 14.2. The molecule has 45 heavy (non-hydrogen) atoms. The van der Waals surface area contributed by atoms with E-state index >= 15 is 0 Å². The van der Waals surface area contributed by atoms with Gasteiger partial charge in [-0.2, -0.15) is 4.98 Å². The third kappa shape index (κ3) is 7.18. The standard InChI is InChI=1S/C34H37ClN6O3S/c1-6-40(7-2)29(42)19-44-26-17-15-24(16-18-26)31-30(32(43)37-28-14-10-11-21(3)22(28)4)23(5)36-33-38-34(39-41(31)33)45-20-25-12-8-9-13-27(25)35/h8-18,31H,6-7,19-20H2,1-5H3,(H,37,43)(H,36,38,39). The molecule has 0 saturated carbocycles. The normalized spacial score (nSPS) is 14.0. The molecule has 0 bridgehead atoms. The highest BCUT2D eigenvalue weighted by Gasteiger charge is 2.34. The van der Waals surface area contributed by atoms with E-state index in [-0.39, 0.29) is 18.4 Å². The lowest BCUT2D eigenvalue weighted by atomic mass is 9.94. The van der Waals surface area contributed by atoms with Crippen molar-refractivity contribution in [2.24, 2.45) is 0 Å². The van der Waals surface area contributed by atoms with Crippen molar-refractivity contribution < 1.29 is 14.3 Å². The molecular formula is C34H37ClN6O3S. The molecule has 1 aliphatic rings. The Kier molecular flexibility index (Phi) is 10.1. The molecule has 9 nitrogen and oxygen atoms in total. The molecule has 234 valence electrons. The van der Waals surface area contributed by atoms with Crippen molar-refractivity contribution in [2.75, 3.05) is 30.3 Å². The van der Waals surface area contributed by atoms with Crippen LogP contribution in [0.5, 0.6) is 5.75 Å². The predicted molar refractivity (Wildman–Crippen MR) is 180 cm³/mol. The highest BCUT2D eigenvalue weighted by Crippen LogP contribution is 2.38. The number of anilines is 2. The quantitative estimate of drug-likeness (QED) is 0.169. The van der Waals surface area contributed by atoms with Crippen LogP contribution in [0.1, 0.15) is 49.1 Å². The number of amides is 2. The Hall–Kier alpha value is -4.28. The number of hydrogen-bond acceptors (Lipinski definition) is 7. The molecule has 2 amide bonds. The molecule has 0 spiro atoms. The maximum Gasteiger partial charge on any atom is 0.260 e. The van der Waals surface area contributed by atoms with Gasteiger partial charge in [-0.3, -0.25) is 9.59 Å². The molecule has 1 aliphatic heterocycles. The SMILES string of the molecule is CCN(CC)C(=O)COc1ccc(C2C(C(=O)Nc3cccc(C)c3C)=C(C)Nc3nc(SCc4ccccc4Cl)nn32)cc1. The van der Waals surface area contributed by atoms with Gasteiger partial charge in [0.2, 0.25) is 11.1 Å². The third-order valence-corrected chi connectivity index (χ3v) is 9.17. The predicted octanol–water partition coefficient (Wildman–Crippen LogP) is 7.02. The van der Waals surface area contributed by atoms with Gasteiger partial charge in [0.15, 0.2) is 6.61 Å². The fraction of sp³-hybridized carbons (Fsp3) is 0.294. The maximum absolute atomic E-state index is 14.0. The van der Waals surface area contributed by atoms with Crippen molar-refractivity contribution in [2.45, 2.75) is 51.6 Å². The number of halogens is 1.